The summed E-state index contributed by atoms with van der Waals surface area (Å²) in [6.07, 6.45) is 7.53. The molecule has 0 radical (unpaired) electrons. The van der Waals surface area contributed by atoms with Crippen LogP contribution in [0.15, 0.2) is 31.0 Å². The topological polar surface area (TPSA) is 86.5 Å². The summed E-state index contributed by atoms with van der Waals surface area (Å²) in [6, 6.07) is 4.33. The van der Waals surface area contributed by atoms with Crippen molar-refractivity contribution in [3.05, 3.63) is 36.5 Å². The SMILES string of the molecule is N#Cc1cncc(-c2ccncn2)c1NC1CCNC1. The number of hydrogen-bond acceptors (Lipinski definition) is 6. The zero-order chi connectivity index (χ0) is 13.8. The van der Waals surface area contributed by atoms with Crippen LogP contribution in [-0.4, -0.2) is 34.1 Å². The molecule has 0 spiro atoms. The van der Waals surface area contributed by atoms with Crippen molar-refractivity contribution in [1.82, 2.24) is 20.3 Å². The first-order valence-corrected chi connectivity index (χ1v) is 6.50. The van der Waals surface area contributed by atoms with Gasteiger partial charge in [-0.1, -0.05) is 0 Å². The number of pyridine rings is 1. The molecule has 0 saturated carbocycles. The number of nitriles is 1. The van der Waals surface area contributed by atoms with Crippen LogP contribution in [-0.2, 0) is 0 Å². The van der Waals surface area contributed by atoms with Gasteiger partial charge in [0.2, 0.25) is 0 Å². The van der Waals surface area contributed by atoms with Gasteiger partial charge in [-0.05, 0) is 19.0 Å². The maximum Gasteiger partial charge on any atom is 0.116 e. The summed E-state index contributed by atoms with van der Waals surface area (Å²) < 4.78 is 0. The maximum absolute atomic E-state index is 9.29. The van der Waals surface area contributed by atoms with E-state index >= 15 is 0 Å². The van der Waals surface area contributed by atoms with Gasteiger partial charge in [0.05, 0.1) is 16.9 Å². The number of nitrogens with zero attached hydrogens (tertiary/aromatic N) is 4. The molecule has 3 rings (SSSR count). The predicted octanol–water partition coefficient (Wildman–Crippen LogP) is 1.18. The van der Waals surface area contributed by atoms with Crippen molar-refractivity contribution >= 4 is 5.69 Å². The average Bonchev–Trinajstić information content (AvgIpc) is 3.01. The Balaban J connectivity index is 2.03. The smallest absolute Gasteiger partial charge is 0.116 e. The lowest BCUT2D eigenvalue weighted by Crippen LogP contribution is -2.23. The number of aromatic nitrogens is 3. The van der Waals surface area contributed by atoms with Gasteiger partial charge in [0.15, 0.2) is 0 Å². The van der Waals surface area contributed by atoms with Crippen LogP contribution in [0.4, 0.5) is 5.69 Å². The second kappa shape index (κ2) is 5.63. The predicted molar refractivity (Wildman–Crippen MR) is 74.9 cm³/mol. The number of anilines is 1. The minimum atomic E-state index is 0.324. The Morgan fingerprint density at radius 1 is 1.35 bits per heavy atom. The molecule has 1 aliphatic rings. The molecule has 2 aromatic heterocycles. The third-order valence-electron chi connectivity index (χ3n) is 3.33. The molecule has 0 amide bonds. The van der Waals surface area contributed by atoms with Crippen molar-refractivity contribution < 1.29 is 0 Å². The number of nitrogens with one attached hydrogen (secondary N) is 2. The zero-order valence-electron chi connectivity index (χ0n) is 10.9. The van der Waals surface area contributed by atoms with Crippen molar-refractivity contribution in [3.8, 4) is 17.3 Å². The van der Waals surface area contributed by atoms with Crippen LogP contribution in [0.5, 0.6) is 0 Å². The van der Waals surface area contributed by atoms with Crippen molar-refractivity contribution in [2.24, 2.45) is 0 Å². The lowest BCUT2D eigenvalue weighted by atomic mass is 10.1. The molecule has 6 heteroatoms. The molecule has 0 bridgehead atoms. The molecule has 0 aromatic carbocycles. The van der Waals surface area contributed by atoms with E-state index < -0.39 is 0 Å². The lowest BCUT2D eigenvalue weighted by Gasteiger charge is -2.17. The van der Waals surface area contributed by atoms with E-state index in [1.165, 1.54) is 6.33 Å². The molecule has 1 atom stereocenters. The van der Waals surface area contributed by atoms with Crippen LogP contribution in [0.25, 0.3) is 11.3 Å². The summed E-state index contributed by atoms with van der Waals surface area (Å²) in [5.41, 5.74) is 2.93. The number of rotatable bonds is 3. The molecule has 1 aliphatic heterocycles. The highest BCUT2D eigenvalue weighted by Gasteiger charge is 2.19. The minimum absolute atomic E-state index is 0.324. The highest BCUT2D eigenvalue weighted by molar-refractivity contribution is 5.79. The van der Waals surface area contributed by atoms with Crippen molar-refractivity contribution in [3.63, 3.8) is 0 Å². The van der Waals surface area contributed by atoms with Crippen molar-refractivity contribution in [1.29, 1.82) is 5.26 Å². The lowest BCUT2D eigenvalue weighted by molar-refractivity contribution is 0.793. The first-order chi connectivity index (χ1) is 9.88. The van der Waals surface area contributed by atoms with Crippen molar-refractivity contribution in [2.45, 2.75) is 12.5 Å². The van der Waals surface area contributed by atoms with Crippen LogP contribution >= 0.6 is 0 Å². The first kappa shape index (κ1) is 12.5. The Labute approximate surface area is 116 Å². The normalized spacial score (nSPS) is 17.6. The van der Waals surface area contributed by atoms with Gasteiger partial charge in [0.1, 0.15) is 12.4 Å². The van der Waals surface area contributed by atoms with E-state index in [0.29, 0.717) is 11.6 Å². The molecular weight excluding hydrogens is 252 g/mol. The Bertz CT molecular complexity index is 628. The largest absolute Gasteiger partial charge is 0.379 e. The van der Waals surface area contributed by atoms with E-state index in [2.05, 4.69) is 31.7 Å². The monoisotopic (exact) mass is 266 g/mol. The van der Waals surface area contributed by atoms with Gasteiger partial charge in [-0.2, -0.15) is 5.26 Å². The average molecular weight is 266 g/mol. The second-order valence-corrected chi connectivity index (χ2v) is 4.65. The molecule has 3 heterocycles. The van der Waals surface area contributed by atoms with E-state index in [-0.39, 0.29) is 0 Å². The van der Waals surface area contributed by atoms with Crippen molar-refractivity contribution in [2.75, 3.05) is 18.4 Å². The van der Waals surface area contributed by atoms with E-state index in [1.807, 2.05) is 6.07 Å². The summed E-state index contributed by atoms with van der Waals surface area (Å²) in [4.78, 5) is 12.3. The summed E-state index contributed by atoms with van der Waals surface area (Å²) in [6.45, 7) is 1.89. The van der Waals surface area contributed by atoms with Crippen LogP contribution < -0.4 is 10.6 Å². The Kier molecular flexibility index (Phi) is 3.52. The maximum atomic E-state index is 9.29. The summed E-state index contributed by atoms with van der Waals surface area (Å²) in [7, 11) is 0. The Morgan fingerprint density at radius 3 is 3.00 bits per heavy atom. The van der Waals surface area contributed by atoms with Crippen LogP contribution in [0.2, 0.25) is 0 Å². The van der Waals surface area contributed by atoms with Gasteiger partial charge in [0.25, 0.3) is 0 Å². The first-order valence-electron chi connectivity index (χ1n) is 6.50. The third-order valence-corrected chi connectivity index (χ3v) is 3.33. The fourth-order valence-electron chi connectivity index (χ4n) is 2.33. The van der Waals surface area contributed by atoms with E-state index in [1.54, 1.807) is 18.6 Å². The summed E-state index contributed by atoms with van der Waals surface area (Å²) in [5.74, 6) is 0. The standard InChI is InChI=1S/C14H14N6/c15-5-10-6-18-8-12(13-2-4-17-9-19-13)14(10)20-11-1-3-16-7-11/h2,4,6,8-9,11,16H,1,3,7H2,(H,18,20). The highest BCUT2D eigenvalue weighted by atomic mass is 15.0. The quantitative estimate of drug-likeness (QED) is 0.867. The van der Waals surface area contributed by atoms with Crippen LogP contribution in [0.3, 0.4) is 0 Å². The molecule has 2 aromatic rings. The molecule has 6 nitrogen and oxygen atoms in total. The minimum Gasteiger partial charge on any atom is -0.379 e. The van der Waals surface area contributed by atoms with E-state index in [9.17, 15) is 5.26 Å². The zero-order valence-corrected chi connectivity index (χ0v) is 10.9. The molecule has 100 valence electrons. The molecule has 1 unspecified atom stereocenters. The Hall–Kier alpha value is -2.52. The molecule has 0 aliphatic carbocycles. The molecule has 2 N–H and O–H groups in total. The van der Waals surface area contributed by atoms with Crippen LogP contribution in [0.1, 0.15) is 12.0 Å². The Morgan fingerprint density at radius 2 is 2.30 bits per heavy atom. The van der Waals surface area contributed by atoms with E-state index in [4.69, 9.17) is 0 Å². The molecule has 1 fully saturated rings. The highest BCUT2D eigenvalue weighted by Crippen LogP contribution is 2.29. The van der Waals surface area contributed by atoms with Gasteiger partial charge in [-0.3, -0.25) is 4.98 Å². The molecule has 1 saturated heterocycles. The van der Waals surface area contributed by atoms with E-state index in [0.717, 1.165) is 36.5 Å². The van der Waals surface area contributed by atoms with Gasteiger partial charge in [-0.25, -0.2) is 9.97 Å². The van der Waals surface area contributed by atoms with Gasteiger partial charge >= 0.3 is 0 Å². The summed E-state index contributed by atoms with van der Waals surface area (Å²) in [5, 5.41) is 16.0. The molecular formula is C14H14N6. The van der Waals surface area contributed by atoms with Crippen LogP contribution in [0, 0.1) is 11.3 Å². The third kappa shape index (κ3) is 2.44. The fourth-order valence-corrected chi connectivity index (χ4v) is 2.33. The van der Waals surface area contributed by atoms with Gasteiger partial charge < -0.3 is 10.6 Å². The fraction of sp³-hybridized carbons (Fsp3) is 0.286. The van der Waals surface area contributed by atoms with Gasteiger partial charge in [-0.15, -0.1) is 0 Å². The summed E-state index contributed by atoms with van der Waals surface area (Å²) >= 11 is 0. The second-order valence-electron chi connectivity index (χ2n) is 4.65. The number of hydrogen-bond donors (Lipinski definition) is 2. The molecule has 20 heavy (non-hydrogen) atoms. The van der Waals surface area contributed by atoms with Gasteiger partial charge in [0, 0.05) is 36.7 Å².